The molecule has 174 valence electrons. The molecule has 1 aliphatic carbocycles. The van der Waals surface area contributed by atoms with Gasteiger partial charge < -0.3 is 10.4 Å². The number of alkyl halides is 3. The molecule has 2 heterocycles. The third-order valence-corrected chi connectivity index (χ3v) is 7.37. The van der Waals surface area contributed by atoms with Gasteiger partial charge in [0.25, 0.3) is 0 Å². The van der Waals surface area contributed by atoms with Gasteiger partial charge in [0.1, 0.15) is 0 Å². The Morgan fingerprint density at radius 3 is 2.48 bits per heavy atom. The standard InChI is InChI=1S/C17H25N3O3S.C2HF3O2/c1-2-3-10-24(22,23)20-9-6-17(13-20)11-15(17)16(21)19-12-14-4-7-18-8-5-14;3-2(4,5)1(6)7/h4-5,7-8,15H,2-3,6,9-13H2,1H3,(H,19,21);(H,6,7). The number of hydrogen-bond donors (Lipinski definition) is 2. The van der Waals surface area contributed by atoms with Crippen LogP contribution in [0.15, 0.2) is 24.5 Å². The lowest BCUT2D eigenvalue weighted by Crippen LogP contribution is -2.32. The molecule has 1 aliphatic heterocycles. The quantitative estimate of drug-likeness (QED) is 0.638. The summed E-state index contributed by atoms with van der Waals surface area (Å²) in [7, 11) is -3.16. The lowest BCUT2D eigenvalue weighted by Gasteiger charge is -2.16. The van der Waals surface area contributed by atoms with Crippen LogP contribution < -0.4 is 5.32 Å². The van der Waals surface area contributed by atoms with E-state index < -0.39 is 22.2 Å². The van der Waals surface area contributed by atoms with E-state index in [9.17, 15) is 26.4 Å². The smallest absolute Gasteiger partial charge is 0.475 e. The summed E-state index contributed by atoms with van der Waals surface area (Å²) in [5.74, 6) is -2.55. The third kappa shape index (κ3) is 6.89. The lowest BCUT2D eigenvalue weighted by atomic mass is 10.0. The Morgan fingerprint density at radius 1 is 1.32 bits per heavy atom. The van der Waals surface area contributed by atoms with E-state index in [0.29, 0.717) is 26.1 Å². The first kappa shape index (κ1) is 25.1. The molecule has 1 amide bonds. The maximum atomic E-state index is 12.4. The molecule has 1 aromatic rings. The van der Waals surface area contributed by atoms with Crippen molar-refractivity contribution in [2.24, 2.45) is 11.3 Å². The van der Waals surface area contributed by atoms with Crippen LogP contribution in [0.1, 0.15) is 38.2 Å². The van der Waals surface area contributed by atoms with Gasteiger partial charge in [-0.25, -0.2) is 17.5 Å². The van der Waals surface area contributed by atoms with Gasteiger partial charge in [0, 0.05) is 37.9 Å². The van der Waals surface area contributed by atoms with Crippen molar-refractivity contribution in [3.8, 4) is 0 Å². The predicted molar refractivity (Wildman–Crippen MR) is 105 cm³/mol. The van der Waals surface area contributed by atoms with E-state index in [1.165, 1.54) is 0 Å². The van der Waals surface area contributed by atoms with Gasteiger partial charge in [-0.3, -0.25) is 9.78 Å². The molecule has 1 aromatic heterocycles. The molecule has 8 nitrogen and oxygen atoms in total. The number of amides is 1. The second-order valence-electron chi connectivity index (χ2n) is 7.75. The summed E-state index contributed by atoms with van der Waals surface area (Å²) in [4.78, 5) is 25.2. The number of carboxylic acid groups (broad SMARTS) is 1. The van der Waals surface area contributed by atoms with Crippen LogP contribution in [0.4, 0.5) is 13.2 Å². The number of pyridine rings is 1. The molecular weight excluding hydrogens is 439 g/mol. The van der Waals surface area contributed by atoms with Crippen molar-refractivity contribution in [1.29, 1.82) is 0 Å². The number of sulfonamides is 1. The van der Waals surface area contributed by atoms with Gasteiger partial charge >= 0.3 is 12.1 Å². The van der Waals surface area contributed by atoms with Crippen molar-refractivity contribution in [2.45, 2.75) is 45.3 Å². The van der Waals surface area contributed by atoms with E-state index in [0.717, 1.165) is 24.8 Å². The van der Waals surface area contributed by atoms with Crippen molar-refractivity contribution in [3.05, 3.63) is 30.1 Å². The van der Waals surface area contributed by atoms with Gasteiger partial charge in [0.05, 0.1) is 5.75 Å². The van der Waals surface area contributed by atoms with Crippen LogP contribution in [0.5, 0.6) is 0 Å². The number of rotatable bonds is 7. The van der Waals surface area contributed by atoms with E-state index in [-0.39, 0.29) is 23.0 Å². The molecule has 31 heavy (non-hydrogen) atoms. The maximum Gasteiger partial charge on any atom is 0.490 e. The zero-order valence-electron chi connectivity index (χ0n) is 17.1. The minimum absolute atomic E-state index is 0.0413. The van der Waals surface area contributed by atoms with E-state index in [1.807, 2.05) is 19.1 Å². The molecule has 12 heteroatoms. The summed E-state index contributed by atoms with van der Waals surface area (Å²) < 4.78 is 58.0. The highest BCUT2D eigenvalue weighted by atomic mass is 32.2. The third-order valence-electron chi connectivity index (χ3n) is 5.46. The normalized spacial score (nSPS) is 23.2. The molecule has 0 bridgehead atoms. The molecule has 1 saturated heterocycles. The Labute approximate surface area is 178 Å². The summed E-state index contributed by atoms with van der Waals surface area (Å²) >= 11 is 0. The SMILES string of the molecule is CCCCS(=O)(=O)N1CCC2(CC2C(=O)NCc2ccncc2)C1.O=C(O)C(F)(F)F. The number of nitrogens with one attached hydrogen (secondary N) is 1. The first-order chi connectivity index (χ1) is 14.4. The van der Waals surface area contributed by atoms with Crippen LogP contribution in [-0.2, 0) is 26.2 Å². The maximum absolute atomic E-state index is 12.4. The summed E-state index contributed by atoms with van der Waals surface area (Å²) in [6, 6.07) is 3.75. The number of carboxylic acids is 1. The zero-order chi connectivity index (χ0) is 23.3. The summed E-state index contributed by atoms with van der Waals surface area (Å²) in [6.07, 6.45) is 1.49. The number of aliphatic carboxylic acids is 1. The average Bonchev–Trinajstić information content (AvgIpc) is 3.23. The molecule has 0 radical (unpaired) electrons. The van der Waals surface area contributed by atoms with Crippen LogP contribution in [0.25, 0.3) is 0 Å². The number of unbranched alkanes of at least 4 members (excludes halogenated alkanes) is 1. The number of hydrogen-bond acceptors (Lipinski definition) is 5. The zero-order valence-corrected chi connectivity index (χ0v) is 17.9. The highest BCUT2D eigenvalue weighted by Crippen LogP contribution is 2.58. The van der Waals surface area contributed by atoms with Gasteiger partial charge in [0.2, 0.25) is 15.9 Å². The molecule has 2 atom stereocenters. The van der Waals surface area contributed by atoms with E-state index in [2.05, 4.69) is 10.3 Å². The first-order valence-electron chi connectivity index (χ1n) is 9.86. The minimum Gasteiger partial charge on any atom is -0.475 e. The second kappa shape index (κ2) is 9.94. The van der Waals surface area contributed by atoms with E-state index >= 15 is 0 Å². The van der Waals surface area contributed by atoms with Crippen LogP contribution in [-0.4, -0.2) is 59.7 Å². The van der Waals surface area contributed by atoms with Crippen LogP contribution in [0.2, 0.25) is 0 Å². The van der Waals surface area contributed by atoms with Crippen LogP contribution in [0.3, 0.4) is 0 Å². The predicted octanol–water partition coefficient (Wildman–Crippen LogP) is 2.17. The van der Waals surface area contributed by atoms with Gasteiger partial charge in [-0.1, -0.05) is 13.3 Å². The van der Waals surface area contributed by atoms with Gasteiger partial charge in [-0.05, 0) is 42.4 Å². The lowest BCUT2D eigenvalue weighted by molar-refractivity contribution is -0.192. The molecule has 1 saturated carbocycles. The Morgan fingerprint density at radius 2 is 1.94 bits per heavy atom. The van der Waals surface area contributed by atoms with Crippen molar-refractivity contribution in [1.82, 2.24) is 14.6 Å². The Bertz CT molecular complexity index is 880. The molecule has 2 fully saturated rings. The molecule has 1 spiro atoms. The fourth-order valence-corrected chi connectivity index (χ4v) is 5.27. The number of carbonyl (C=O) groups is 2. The van der Waals surface area contributed by atoms with Crippen LogP contribution >= 0.6 is 0 Å². The Kier molecular flexibility index (Phi) is 8.04. The summed E-state index contributed by atoms with van der Waals surface area (Å²) in [5, 5.41) is 10.1. The summed E-state index contributed by atoms with van der Waals surface area (Å²) in [6.45, 7) is 3.55. The van der Waals surface area contributed by atoms with Gasteiger partial charge in [-0.15, -0.1) is 0 Å². The van der Waals surface area contributed by atoms with Crippen molar-refractivity contribution in [2.75, 3.05) is 18.8 Å². The highest BCUT2D eigenvalue weighted by molar-refractivity contribution is 7.89. The highest BCUT2D eigenvalue weighted by Gasteiger charge is 2.61. The molecule has 2 aliphatic rings. The fraction of sp³-hybridized carbons (Fsp3) is 0.632. The summed E-state index contributed by atoms with van der Waals surface area (Å²) in [5.41, 5.74) is 0.893. The van der Waals surface area contributed by atoms with Crippen molar-refractivity contribution < 1.29 is 36.3 Å². The van der Waals surface area contributed by atoms with Crippen LogP contribution in [0, 0.1) is 11.3 Å². The number of nitrogens with zero attached hydrogens (tertiary/aromatic N) is 2. The molecular formula is C19H26F3N3O5S. The van der Waals surface area contributed by atoms with Gasteiger partial charge in [0.15, 0.2) is 0 Å². The van der Waals surface area contributed by atoms with E-state index in [4.69, 9.17) is 9.90 Å². The largest absolute Gasteiger partial charge is 0.490 e. The topological polar surface area (TPSA) is 117 Å². The monoisotopic (exact) mass is 465 g/mol. The Hall–Kier alpha value is -2.21. The van der Waals surface area contributed by atoms with Crippen molar-refractivity contribution >= 4 is 21.9 Å². The molecule has 2 unspecified atom stereocenters. The molecule has 0 aromatic carbocycles. The number of carbonyl (C=O) groups excluding carboxylic acids is 1. The van der Waals surface area contributed by atoms with Gasteiger partial charge in [-0.2, -0.15) is 13.2 Å². The molecule has 3 rings (SSSR count). The Balaban J connectivity index is 0.000000423. The molecule has 2 N–H and O–H groups in total. The fourth-order valence-electron chi connectivity index (χ4n) is 3.53. The van der Waals surface area contributed by atoms with E-state index in [1.54, 1.807) is 16.7 Å². The number of aromatic nitrogens is 1. The number of halogens is 3. The first-order valence-corrected chi connectivity index (χ1v) is 11.5. The average molecular weight is 465 g/mol. The second-order valence-corrected chi connectivity index (χ2v) is 9.84. The van der Waals surface area contributed by atoms with Crippen molar-refractivity contribution in [3.63, 3.8) is 0 Å². The minimum atomic E-state index is -5.08.